The first-order valence-electron chi connectivity index (χ1n) is 6.32. The molecule has 0 amide bonds. The fraction of sp³-hybridized carbons (Fsp3) is 0.188. The summed E-state index contributed by atoms with van der Waals surface area (Å²) in [4.78, 5) is 0. The van der Waals surface area contributed by atoms with Crippen LogP contribution in [0.5, 0.6) is 11.5 Å². The van der Waals surface area contributed by atoms with E-state index in [2.05, 4.69) is 5.32 Å². The first kappa shape index (κ1) is 14.7. The maximum absolute atomic E-state index is 13.3. The van der Waals surface area contributed by atoms with E-state index < -0.39 is 0 Å². The van der Waals surface area contributed by atoms with Crippen molar-refractivity contribution in [3.63, 3.8) is 0 Å². The molecule has 0 radical (unpaired) electrons. The summed E-state index contributed by atoms with van der Waals surface area (Å²) < 4.78 is 23.6. The highest BCUT2D eigenvalue weighted by molar-refractivity contribution is 5.55. The number of halogens is 1. The molecule has 2 aromatic carbocycles. The molecule has 0 fully saturated rings. The van der Waals surface area contributed by atoms with Gasteiger partial charge in [0.25, 0.3) is 0 Å². The second-order valence-electron chi connectivity index (χ2n) is 4.34. The van der Waals surface area contributed by atoms with Crippen molar-refractivity contribution in [1.82, 2.24) is 0 Å². The van der Waals surface area contributed by atoms with Crippen molar-refractivity contribution in [1.29, 1.82) is 5.26 Å². The summed E-state index contributed by atoms with van der Waals surface area (Å²) in [6.07, 6.45) is 0. The fourth-order valence-corrected chi connectivity index (χ4v) is 1.96. The summed E-state index contributed by atoms with van der Waals surface area (Å²) in [6.45, 7) is 0.343. The van der Waals surface area contributed by atoms with E-state index in [0.717, 1.165) is 5.69 Å². The molecule has 0 saturated carbocycles. The van der Waals surface area contributed by atoms with Crippen LogP contribution >= 0.6 is 0 Å². The molecule has 0 heterocycles. The largest absolute Gasteiger partial charge is 0.493 e. The van der Waals surface area contributed by atoms with E-state index in [0.29, 0.717) is 29.2 Å². The van der Waals surface area contributed by atoms with Gasteiger partial charge in [0, 0.05) is 18.3 Å². The van der Waals surface area contributed by atoms with E-state index >= 15 is 0 Å². The Morgan fingerprint density at radius 3 is 2.52 bits per heavy atom. The number of hydrogen-bond acceptors (Lipinski definition) is 4. The normalized spacial score (nSPS) is 9.81. The van der Waals surface area contributed by atoms with E-state index in [4.69, 9.17) is 14.7 Å². The zero-order valence-electron chi connectivity index (χ0n) is 11.8. The van der Waals surface area contributed by atoms with Crippen LogP contribution in [0, 0.1) is 17.1 Å². The zero-order chi connectivity index (χ0) is 15.2. The Bertz CT molecular complexity index is 680. The second kappa shape index (κ2) is 6.62. The highest BCUT2D eigenvalue weighted by atomic mass is 19.1. The molecule has 1 N–H and O–H groups in total. The smallest absolute Gasteiger partial charge is 0.162 e. The van der Waals surface area contributed by atoms with Crippen molar-refractivity contribution in [2.75, 3.05) is 19.5 Å². The van der Waals surface area contributed by atoms with Crippen molar-refractivity contribution >= 4 is 5.69 Å². The maximum Gasteiger partial charge on any atom is 0.162 e. The van der Waals surface area contributed by atoms with Crippen LogP contribution in [0.1, 0.15) is 11.1 Å². The van der Waals surface area contributed by atoms with Crippen LogP contribution in [0.2, 0.25) is 0 Å². The number of nitrogens with zero attached hydrogens (tertiary/aromatic N) is 1. The van der Waals surface area contributed by atoms with Gasteiger partial charge >= 0.3 is 0 Å². The molecule has 0 aliphatic rings. The summed E-state index contributed by atoms with van der Waals surface area (Å²) in [6, 6.07) is 11.5. The summed E-state index contributed by atoms with van der Waals surface area (Å²) >= 11 is 0. The van der Waals surface area contributed by atoms with Gasteiger partial charge in [-0.05, 0) is 35.9 Å². The van der Waals surface area contributed by atoms with Gasteiger partial charge in [0.15, 0.2) is 11.5 Å². The molecule has 0 saturated heterocycles. The lowest BCUT2D eigenvalue weighted by Crippen LogP contribution is -2.03. The molecule has 0 aliphatic carbocycles. The monoisotopic (exact) mass is 286 g/mol. The van der Waals surface area contributed by atoms with Crippen LogP contribution < -0.4 is 14.8 Å². The van der Waals surface area contributed by atoms with E-state index in [1.807, 2.05) is 12.1 Å². The third-order valence-corrected chi connectivity index (χ3v) is 3.05. The van der Waals surface area contributed by atoms with Gasteiger partial charge < -0.3 is 14.8 Å². The minimum absolute atomic E-state index is 0.343. The SMILES string of the molecule is COc1ccc(NCc2cc(F)ccc2C#N)cc1OC. The third-order valence-electron chi connectivity index (χ3n) is 3.05. The van der Waals surface area contributed by atoms with Crippen molar-refractivity contribution in [3.8, 4) is 17.6 Å². The Labute approximate surface area is 122 Å². The van der Waals surface area contributed by atoms with Crippen molar-refractivity contribution < 1.29 is 13.9 Å². The highest BCUT2D eigenvalue weighted by Crippen LogP contribution is 2.30. The van der Waals surface area contributed by atoms with Gasteiger partial charge in [-0.2, -0.15) is 5.26 Å². The minimum atomic E-state index is -0.363. The lowest BCUT2D eigenvalue weighted by Gasteiger charge is -2.12. The predicted molar refractivity (Wildman–Crippen MR) is 78.0 cm³/mol. The molecule has 21 heavy (non-hydrogen) atoms. The lowest BCUT2D eigenvalue weighted by molar-refractivity contribution is 0.355. The fourth-order valence-electron chi connectivity index (χ4n) is 1.96. The molecule has 2 aromatic rings. The van der Waals surface area contributed by atoms with Crippen LogP contribution in [-0.4, -0.2) is 14.2 Å². The second-order valence-corrected chi connectivity index (χ2v) is 4.34. The molecular formula is C16H15FN2O2. The highest BCUT2D eigenvalue weighted by Gasteiger charge is 2.06. The minimum Gasteiger partial charge on any atom is -0.493 e. The number of hydrogen-bond donors (Lipinski definition) is 1. The summed E-state index contributed by atoms with van der Waals surface area (Å²) in [5.41, 5.74) is 1.84. The van der Waals surface area contributed by atoms with E-state index in [9.17, 15) is 4.39 Å². The van der Waals surface area contributed by atoms with Crippen LogP contribution in [-0.2, 0) is 6.54 Å². The topological polar surface area (TPSA) is 54.3 Å². The molecule has 0 aliphatic heterocycles. The molecule has 0 spiro atoms. The summed E-state index contributed by atoms with van der Waals surface area (Å²) in [7, 11) is 3.12. The lowest BCUT2D eigenvalue weighted by atomic mass is 10.1. The molecule has 4 nitrogen and oxygen atoms in total. The van der Waals surface area contributed by atoms with Gasteiger partial charge in [0.1, 0.15) is 5.82 Å². The van der Waals surface area contributed by atoms with Gasteiger partial charge in [-0.15, -0.1) is 0 Å². The first-order chi connectivity index (χ1) is 10.2. The standard InChI is InChI=1S/C16H15FN2O2/c1-20-15-6-5-14(8-16(15)21-2)19-10-12-7-13(17)4-3-11(12)9-18/h3-8,19H,10H2,1-2H3. The quantitative estimate of drug-likeness (QED) is 0.916. The first-order valence-corrected chi connectivity index (χ1v) is 6.32. The Morgan fingerprint density at radius 1 is 1.10 bits per heavy atom. The van der Waals surface area contributed by atoms with Gasteiger partial charge in [-0.1, -0.05) is 0 Å². The number of benzene rings is 2. The van der Waals surface area contributed by atoms with Gasteiger partial charge in [0.05, 0.1) is 25.9 Å². The Hall–Kier alpha value is -2.74. The average molecular weight is 286 g/mol. The van der Waals surface area contributed by atoms with Crippen LogP contribution in [0.4, 0.5) is 10.1 Å². The number of methoxy groups -OCH3 is 2. The summed E-state index contributed by atoms with van der Waals surface area (Å²) in [5.74, 6) is 0.867. The molecular weight excluding hydrogens is 271 g/mol. The molecule has 5 heteroatoms. The summed E-state index contributed by atoms with van der Waals surface area (Å²) in [5, 5.41) is 12.2. The predicted octanol–water partition coefficient (Wildman–Crippen LogP) is 3.33. The Morgan fingerprint density at radius 2 is 1.86 bits per heavy atom. The van der Waals surface area contributed by atoms with Gasteiger partial charge in [-0.3, -0.25) is 0 Å². The molecule has 108 valence electrons. The number of ether oxygens (including phenoxy) is 2. The Balaban J connectivity index is 2.17. The Kier molecular flexibility index (Phi) is 4.62. The molecule has 0 aromatic heterocycles. The molecule has 2 rings (SSSR count). The van der Waals surface area contributed by atoms with Crippen LogP contribution in [0.25, 0.3) is 0 Å². The molecule has 0 atom stereocenters. The van der Waals surface area contributed by atoms with E-state index in [1.54, 1.807) is 26.4 Å². The third kappa shape index (κ3) is 3.42. The maximum atomic E-state index is 13.3. The van der Waals surface area contributed by atoms with Crippen molar-refractivity contribution in [2.24, 2.45) is 0 Å². The number of anilines is 1. The zero-order valence-corrected chi connectivity index (χ0v) is 11.8. The van der Waals surface area contributed by atoms with Crippen molar-refractivity contribution in [2.45, 2.75) is 6.54 Å². The molecule has 0 unspecified atom stereocenters. The van der Waals surface area contributed by atoms with Gasteiger partial charge in [-0.25, -0.2) is 4.39 Å². The average Bonchev–Trinajstić information content (AvgIpc) is 2.52. The van der Waals surface area contributed by atoms with Crippen molar-refractivity contribution in [3.05, 3.63) is 53.3 Å². The van der Waals surface area contributed by atoms with Crippen LogP contribution in [0.3, 0.4) is 0 Å². The van der Waals surface area contributed by atoms with E-state index in [-0.39, 0.29) is 5.82 Å². The molecule has 0 bridgehead atoms. The number of nitrogens with one attached hydrogen (secondary N) is 1. The van der Waals surface area contributed by atoms with Gasteiger partial charge in [0.2, 0.25) is 0 Å². The van der Waals surface area contributed by atoms with E-state index in [1.165, 1.54) is 18.2 Å². The number of nitriles is 1. The van der Waals surface area contributed by atoms with Crippen LogP contribution in [0.15, 0.2) is 36.4 Å². The number of rotatable bonds is 5.